The first-order valence-electron chi connectivity index (χ1n) is 5.50. The molecule has 5 heteroatoms. The van der Waals surface area contributed by atoms with Crippen molar-refractivity contribution in [2.75, 3.05) is 7.11 Å². The molecule has 3 atom stereocenters. The number of carbonyl (C=O) groups is 1. The second-order valence-corrected chi connectivity index (χ2v) is 4.60. The van der Waals surface area contributed by atoms with Gasteiger partial charge in [-0.15, -0.1) is 0 Å². The maximum Gasteiger partial charge on any atom is 0.360 e. The predicted octanol–water partition coefficient (Wildman–Crippen LogP) is 0.768. The Labute approximate surface area is 91.7 Å². The molecule has 0 aliphatic heterocycles. The highest BCUT2D eigenvalue weighted by Crippen LogP contribution is 2.45. The van der Waals surface area contributed by atoms with Gasteiger partial charge >= 0.3 is 13.6 Å². The molecule has 86 valence electrons. The number of carboxylic acid groups (broad SMARTS) is 1. The van der Waals surface area contributed by atoms with Crippen LogP contribution < -0.4 is 5.23 Å². The first-order valence-corrected chi connectivity index (χ1v) is 5.50. The van der Waals surface area contributed by atoms with Crippen molar-refractivity contribution in [3.05, 3.63) is 0 Å². The zero-order valence-corrected chi connectivity index (χ0v) is 9.75. The summed E-state index contributed by atoms with van der Waals surface area (Å²) in [5.74, 6) is -0.402. The van der Waals surface area contributed by atoms with Gasteiger partial charge in [0.05, 0.1) is 5.41 Å². The third kappa shape index (κ3) is 2.52. The average Bonchev–Trinajstić information content (AvgIpc) is 2.53. The zero-order valence-electron chi connectivity index (χ0n) is 9.75. The van der Waals surface area contributed by atoms with Crippen LogP contribution in [0.1, 0.15) is 33.1 Å². The molecular weight excluding hydrogens is 193 g/mol. The summed E-state index contributed by atoms with van der Waals surface area (Å²) < 4.78 is 4.94. The molecule has 1 aliphatic carbocycles. The van der Waals surface area contributed by atoms with Crippen molar-refractivity contribution < 1.29 is 14.6 Å². The maximum absolute atomic E-state index is 11.3. The van der Waals surface area contributed by atoms with Gasteiger partial charge in [0, 0.05) is 7.11 Å². The van der Waals surface area contributed by atoms with Crippen molar-refractivity contribution >= 4 is 13.6 Å². The maximum atomic E-state index is 11.3. The van der Waals surface area contributed by atoms with E-state index in [0.29, 0.717) is 14.0 Å². The standard InChI is InChI=1S/C10H20BNO3/c1-4-7-5-8(12-11-15-3)6-10(7,2)9(13)14/h7-8,11-12H,4-6H2,1-3H3,(H,13,14)/t7-,8+,10+/m0/s1. The van der Waals surface area contributed by atoms with Crippen molar-refractivity contribution in [2.24, 2.45) is 11.3 Å². The zero-order chi connectivity index (χ0) is 11.5. The van der Waals surface area contributed by atoms with Crippen LogP contribution in [0.2, 0.25) is 0 Å². The van der Waals surface area contributed by atoms with Gasteiger partial charge in [-0.05, 0) is 31.7 Å². The van der Waals surface area contributed by atoms with E-state index in [1.165, 1.54) is 0 Å². The highest BCUT2D eigenvalue weighted by Gasteiger charge is 2.48. The van der Waals surface area contributed by atoms with E-state index < -0.39 is 11.4 Å². The number of carboxylic acids is 1. The van der Waals surface area contributed by atoms with Crippen molar-refractivity contribution in [1.29, 1.82) is 0 Å². The number of nitrogens with one attached hydrogen (secondary N) is 1. The molecule has 0 aromatic rings. The molecule has 2 N–H and O–H groups in total. The number of hydrogen-bond donors (Lipinski definition) is 2. The van der Waals surface area contributed by atoms with Gasteiger partial charge in [0.1, 0.15) is 0 Å². The largest absolute Gasteiger partial charge is 0.481 e. The van der Waals surface area contributed by atoms with Gasteiger partial charge in [-0.25, -0.2) is 0 Å². The molecule has 0 heterocycles. The molecular formula is C10H20BNO3. The third-order valence-electron chi connectivity index (χ3n) is 3.64. The second-order valence-electron chi connectivity index (χ2n) is 4.60. The lowest BCUT2D eigenvalue weighted by atomic mass is 9.78. The van der Waals surface area contributed by atoms with E-state index >= 15 is 0 Å². The van der Waals surface area contributed by atoms with Crippen LogP contribution in [0.25, 0.3) is 0 Å². The van der Waals surface area contributed by atoms with Crippen molar-refractivity contribution in [2.45, 2.75) is 39.2 Å². The van der Waals surface area contributed by atoms with E-state index in [0.717, 1.165) is 12.8 Å². The summed E-state index contributed by atoms with van der Waals surface area (Å²) in [5.41, 5.74) is -0.569. The molecule has 0 aromatic heterocycles. The third-order valence-corrected chi connectivity index (χ3v) is 3.64. The molecule has 0 aromatic carbocycles. The Kier molecular flexibility index (Phi) is 4.17. The Morgan fingerprint density at radius 2 is 2.40 bits per heavy atom. The summed E-state index contributed by atoms with van der Waals surface area (Å²) in [6.07, 6.45) is 2.56. The predicted molar refractivity (Wildman–Crippen MR) is 59.8 cm³/mol. The summed E-state index contributed by atoms with van der Waals surface area (Å²) in [6, 6.07) is 0.274. The quantitative estimate of drug-likeness (QED) is 0.662. The summed E-state index contributed by atoms with van der Waals surface area (Å²) in [6.45, 7) is 3.92. The average molecular weight is 213 g/mol. The van der Waals surface area contributed by atoms with Crippen molar-refractivity contribution in [3.63, 3.8) is 0 Å². The van der Waals surface area contributed by atoms with Crippen LogP contribution in [0.15, 0.2) is 0 Å². The van der Waals surface area contributed by atoms with Crippen LogP contribution in [-0.2, 0) is 9.45 Å². The number of hydrogen-bond acceptors (Lipinski definition) is 3. The number of rotatable bonds is 5. The van der Waals surface area contributed by atoms with Gasteiger partial charge in [0.25, 0.3) is 0 Å². The van der Waals surface area contributed by atoms with E-state index in [1.54, 1.807) is 7.11 Å². The SMILES string of the molecule is CC[C@H]1C[C@@H](NBOC)C[C@@]1(C)C(=O)O. The van der Waals surface area contributed by atoms with Crippen LogP contribution in [0.3, 0.4) is 0 Å². The van der Waals surface area contributed by atoms with Gasteiger partial charge in [-0.1, -0.05) is 13.3 Å². The van der Waals surface area contributed by atoms with Gasteiger partial charge in [0.15, 0.2) is 0 Å². The summed E-state index contributed by atoms with van der Waals surface area (Å²) in [5, 5.41) is 12.5. The molecule has 4 nitrogen and oxygen atoms in total. The Morgan fingerprint density at radius 1 is 1.73 bits per heavy atom. The smallest absolute Gasteiger partial charge is 0.360 e. The first kappa shape index (κ1) is 12.5. The summed E-state index contributed by atoms with van der Waals surface area (Å²) in [4.78, 5) is 11.3. The molecule has 0 radical (unpaired) electrons. The lowest BCUT2D eigenvalue weighted by Crippen LogP contribution is -2.34. The van der Waals surface area contributed by atoms with Gasteiger partial charge in [-0.3, -0.25) is 4.79 Å². The van der Waals surface area contributed by atoms with Gasteiger partial charge < -0.3 is 15.0 Å². The minimum Gasteiger partial charge on any atom is -0.481 e. The van der Waals surface area contributed by atoms with E-state index in [1.807, 2.05) is 6.92 Å². The van der Waals surface area contributed by atoms with Crippen molar-refractivity contribution in [3.8, 4) is 0 Å². The monoisotopic (exact) mass is 213 g/mol. The molecule has 1 saturated carbocycles. The van der Waals surface area contributed by atoms with Crippen LogP contribution in [-0.4, -0.2) is 31.8 Å². The second kappa shape index (κ2) is 4.99. The van der Waals surface area contributed by atoms with E-state index in [9.17, 15) is 9.90 Å². The first-order chi connectivity index (χ1) is 7.04. The van der Waals surface area contributed by atoms with Crippen LogP contribution in [0.5, 0.6) is 0 Å². The molecule has 0 bridgehead atoms. The van der Waals surface area contributed by atoms with Crippen LogP contribution in [0.4, 0.5) is 0 Å². The summed E-state index contributed by atoms with van der Waals surface area (Å²) >= 11 is 0. The Balaban J connectivity index is 2.62. The molecule has 1 rings (SSSR count). The molecule has 15 heavy (non-hydrogen) atoms. The summed E-state index contributed by atoms with van der Waals surface area (Å²) in [7, 11) is 2.13. The fourth-order valence-corrected chi connectivity index (χ4v) is 2.60. The van der Waals surface area contributed by atoms with Gasteiger partial charge in [-0.2, -0.15) is 0 Å². The topological polar surface area (TPSA) is 58.6 Å². The van der Waals surface area contributed by atoms with Crippen LogP contribution >= 0.6 is 0 Å². The Hall–Kier alpha value is -0.545. The molecule has 0 saturated heterocycles. The molecule has 0 unspecified atom stereocenters. The number of aliphatic carboxylic acids is 1. The Morgan fingerprint density at radius 3 is 2.80 bits per heavy atom. The minimum absolute atomic E-state index is 0.268. The fourth-order valence-electron chi connectivity index (χ4n) is 2.60. The minimum atomic E-state index is -0.670. The fraction of sp³-hybridized carbons (Fsp3) is 0.900. The Bertz CT molecular complexity index is 237. The lowest BCUT2D eigenvalue weighted by Gasteiger charge is -2.25. The molecule has 1 fully saturated rings. The molecule has 0 amide bonds. The molecule has 0 spiro atoms. The van der Waals surface area contributed by atoms with Crippen molar-refractivity contribution in [1.82, 2.24) is 5.23 Å². The lowest BCUT2D eigenvalue weighted by molar-refractivity contribution is -0.150. The normalized spacial score (nSPS) is 35.4. The van der Waals surface area contributed by atoms with E-state index in [-0.39, 0.29) is 12.0 Å². The van der Waals surface area contributed by atoms with Gasteiger partial charge in [0.2, 0.25) is 0 Å². The van der Waals surface area contributed by atoms with E-state index in [4.69, 9.17) is 4.65 Å². The van der Waals surface area contributed by atoms with Crippen LogP contribution in [0, 0.1) is 11.3 Å². The molecule has 1 aliphatic rings. The van der Waals surface area contributed by atoms with E-state index in [2.05, 4.69) is 12.2 Å². The highest BCUT2D eigenvalue weighted by atomic mass is 16.4. The highest BCUT2D eigenvalue weighted by molar-refractivity contribution is 6.23.